The van der Waals surface area contributed by atoms with Crippen LogP contribution in [0.4, 0.5) is 4.39 Å². The first-order valence-electron chi connectivity index (χ1n) is 5.31. The molecule has 1 aromatic carbocycles. The zero-order chi connectivity index (χ0) is 11.6. The lowest BCUT2D eigenvalue weighted by Crippen LogP contribution is -2.54. The van der Waals surface area contributed by atoms with Crippen molar-refractivity contribution in [2.75, 3.05) is 0 Å². The molecule has 1 saturated carbocycles. The van der Waals surface area contributed by atoms with Crippen LogP contribution in [-0.4, -0.2) is 11.5 Å². The molecule has 4 heteroatoms. The first-order valence-corrected chi connectivity index (χ1v) is 5.31. The molecule has 3 nitrogen and oxygen atoms in total. The van der Waals surface area contributed by atoms with Crippen molar-refractivity contribution in [3.8, 4) is 0 Å². The molecule has 2 N–H and O–H groups in total. The minimum Gasteiger partial charge on any atom is -0.459 e. The Morgan fingerprint density at radius 3 is 2.69 bits per heavy atom. The number of hydrogen-bond donors (Lipinski definition) is 1. The van der Waals surface area contributed by atoms with Crippen LogP contribution in [0.15, 0.2) is 24.3 Å². The van der Waals surface area contributed by atoms with E-state index in [-0.39, 0.29) is 12.4 Å². The van der Waals surface area contributed by atoms with Crippen molar-refractivity contribution < 1.29 is 13.9 Å². The van der Waals surface area contributed by atoms with Gasteiger partial charge in [0.1, 0.15) is 18.0 Å². The van der Waals surface area contributed by atoms with Crippen LogP contribution in [-0.2, 0) is 16.1 Å². The first kappa shape index (κ1) is 11.1. The van der Waals surface area contributed by atoms with Gasteiger partial charge < -0.3 is 10.5 Å². The molecule has 1 aliphatic rings. The van der Waals surface area contributed by atoms with Crippen LogP contribution in [0.2, 0.25) is 0 Å². The summed E-state index contributed by atoms with van der Waals surface area (Å²) >= 11 is 0. The lowest BCUT2D eigenvalue weighted by molar-refractivity contribution is -0.155. The fourth-order valence-corrected chi connectivity index (χ4v) is 1.66. The third-order valence-electron chi connectivity index (χ3n) is 2.97. The van der Waals surface area contributed by atoms with Crippen molar-refractivity contribution in [1.29, 1.82) is 0 Å². The van der Waals surface area contributed by atoms with Crippen LogP contribution in [0.5, 0.6) is 0 Å². The Balaban J connectivity index is 1.93. The Bertz CT molecular complexity index is 402. The normalized spacial score (nSPS) is 17.6. The predicted molar refractivity (Wildman–Crippen MR) is 57.0 cm³/mol. The molecule has 0 heterocycles. The molecule has 0 aromatic heterocycles. The Hall–Kier alpha value is -1.42. The molecule has 0 atom stereocenters. The summed E-state index contributed by atoms with van der Waals surface area (Å²) in [5.74, 6) is -0.794. The molecule has 1 aliphatic carbocycles. The highest BCUT2D eigenvalue weighted by atomic mass is 19.1. The Morgan fingerprint density at radius 2 is 2.12 bits per heavy atom. The fourth-order valence-electron chi connectivity index (χ4n) is 1.66. The first-order chi connectivity index (χ1) is 7.62. The maximum Gasteiger partial charge on any atom is 0.326 e. The number of carbonyl (C=O) groups excluding carboxylic acids is 1. The number of carbonyl (C=O) groups is 1. The second-order valence-electron chi connectivity index (χ2n) is 4.18. The third-order valence-corrected chi connectivity index (χ3v) is 2.97. The quantitative estimate of drug-likeness (QED) is 0.794. The van der Waals surface area contributed by atoms with Gasteiger partial charge in [0, 0.05) is 5.56 Å². The molecule has 1 fully saturated rings. The highest BCUT2D eigenvalue weighted by Crippen LogP contribution is 2.30. The smallest absolute Gasteiger partial charge is 0.326 e. The Labute approximate surface area is 93.4 Å². The molecule has 0 unspecified atom stereocenters. The van der Waals surface area contributed by atoms with Crippen molar-refractivity contribution in [2.45, 2.75) is 31.4 Å². The number of esters is 1. The molecule has 0 aliphatic heterocycles. The van der Waals surface area contributed by atoms with Gasteiger partial charge in [-0.15, -0.1) is 0 Å². The Kier molecular flexibility index (Phi) is 2.92. The van der Waals surface area contributed by atoms with Gasteiger partial charge in [0.25, 0.3) is 0 Å². The second kappa shape index (κ2) is 4.22. The van der Waals surface area contributed by atoms with Crippen LogP contribution >= 0.6 is 0 Å². The van der Waals surface area contributed by atoms with E-state index in [0.29, 0.717) is 18.4 Å². The average molecular weight is 223 g/mol. The molecular formula is C12H14FNO2. The SMILES string of the molecule is NC1(C(=O)OCc2ccccc2F)CCC1. The van der Waals surface area contributed by atoms with E-state index in [1.165, 1.54) is 6.07 Å². The minimum absolute atomic E-state index is 0.0511. The van der Waals surface area contributed by atoms with Gasteiger partial charge in [0.15, 0.2) is 0 Å². The maximum absolute atomic E-state index is 13.2. The Morgan fingerprint density at radius 1 is 1.44 bits per heavy atom. The largest absolute Gasteiger partial charge is 0.459 e. The van der Waals surface area contributed by atoms with Crippen molar-refractivity contribution in [1.82, 2.24) is 0 Å². The molecule has 16 heavy (non-hydrogen) atoms. The lowest BCUT2D eigenvalue weighted by Gasteiger charge is -2.35. The van der Waals surface area contributed by atoms with Gasteiger partial charge in [0.05, 0.1) is 0 Å². The molecule has 86 valence electrons. The standard InChI is InChI=1S/C12H14FNO2/c13-10-5-2-1-4-9(10)8-16-11(15)12(14)6-3-7-12/h1-2,4-5H,3,6-8,14H2. The van der Waals surface area contributed by atoms with Crippen molar-refractivity contribution in [3.63, 3.8) is 0 Å². The number of benzene rings is 1. The number of halogens is 1. The maximum atomic E-state index is 13.2. The van der Waals surface area contributed by atoms with Gasteiger partial charge >= 0.3 is 5.97 Å². The van der Waals surface area contributed by atoms with Crippen LogP contribution < -0.4 is 5.73 Å². The summed E-state index contributed by atoms with van der Waals surface area (Å²) in [5.41, 5.74) is 5.33. The van der Waals surface area contributed by atoms with E-state index >= 15 is 0 Å². The topological polar surface area (TPSA) is 52.3 Å². The molecule has 2 rings (SSSR count). The summed E-state index contributed by atoms with van der Waals surface area (Å²) in [6, 6.07) is 6.22. The zero-order valence-electron chi connectivity index (χ0n) is 8.91. The second-order valence-corrected chi connectivity index (χ2v) is 4.18. The fraction of sp³-hybridized carbons (Fsp3) is 0.417. The van der Waals surface area contributed by atoms with Gasteiger partial charge in [-0.3, -0.25) is 4.79 Å². The molecule has 1 aromatic rings. The van der Waals surface area contributed by atoms with Crippen molar-refractivity contribution in [3.05, 3.63) is 35.6 Å². The van der Waals surface area contributed by atoms with E-state index in [0.717, 1.165) is 6.42 Å². The van der Waals surface area contributed by atoms with E-state index in [1.807, 2.05) is 0 Å². The highest BCUT2D eigenvalue weighted by molar-refractivity contribution is 5.81. The third kappa shape index (κ3) is 2.07. The summed E-state index contributed by atoms with van der Waals surface area (Å²) in [6.45, 7) is -0.0511. The van der Waals surface area contributed by atoms with E-state index in [2.05, 4.69) is 0 Å². The number of rotatable bonds is 3. The molecular weight excluding hydrogens is 209 g/mol. The summed E-state index contributed by atoms with van der Waals surface area (Å²) in [7, 11) is 0. The van der Waals surface area contributed by atoms with Gasteiger partial charge in [-0.1, -0.05) is 18.2 Å². The summed E-state index contributed by atoms with van der Waals surface area (Å²) in [4.78, 5) is 11.6. The van der Waals surface area contributed by atoms with E-state index < -0.39 is 11.5 Å². The molecule has 0 spiro atoms. The van der Waals surface area contributed by atoms with Crippen molar-refractivity contribution >= 4 is 5.97 Å². The van der Waals surface area contributed by atoms with E-state index in [4.69, 9.17) is 10.5 Å². The average Bonchev–Trinajstić information content (AvgIpc) is 2.24. The van der Waals surface area contributed by atoms with Crippen molar-refractivity contribution in [2.24, 2.45) is 5.73 Å². The lowest BCUT2D eigenvalue weighted by atomic mass is 9.78. The molecule has 0 bridgehead atoms. The minimum atomic E-state index is -0.828. The molecule has 0 radical (unpaired) electrons. The molecule has 0 saturated heterocycles. The monoisotopic (exact) mass is 223 g/mol. The predicted octanol–water partition coefficient (Wildman–Crippen LogP) is 1.75. The summed E-state index contributed by atoms with van der Waals surface area (Å²) in [6.07, 6.45) is 2.26. The summed E-state index contributed by atoms with van der Waals surface area (Å²) < 4.78 is 18.2. The van der Waals surface area contributed by atoms with Gasteiger partial charge in [-0.2, -0.15) is 0 Å². The van der Waals surface area contributed by atoms with Gasteiger partial charge in [0.2, 0.25) is 0 Å². The number of ether oxygens (including phenoxy) is 1. The van der Waals surface area contributed by atoms with Crippen LogP contribution in [0.3, 0.4) is 0 Å². The van der Waals surface area contributed by atoms with Crippen LogP contribution in [0, 0.1) is 5.82 Å². The highest BCUT2D eigenvalue weighted by Gasteiger charge is 2.41. The van der Waals surface area contributed by atoms with Crippen LogP contribution in [0.1, 0.15) is 24.8 Å². The molecule has 0 amide bonds. The van der Waals surface area contributed by atoms with Gasteiger partial charge in [-0.05, 0) is 25.3 Å². The van der Waals surface area contributed by atoms with E-state index in [9.17, 15) is 9.18 Å². The number of hydrogen-bond acceptors (Lipinski definition) is 3. The summed E-state index contributed by atoms with van der Waals surface area (Å²) in [5, 5.41) is 0. The zero-order valence-corrected chi connectivity index (χ0v) is 8.91. The van der Waals surface area contributed by atoms with E-state index in [1.54, 1.807) is 18.2 Å². The van der Waals surface area contributed by atoms with Gasteiger partial charge in [-0.25, -0.2) is 4.39 Å². The van der Waals surface area contributed by atoms with Crippen LogP contribution in [0.25, 0.3) is 0 Å². The number of nitrogens with two attached hydrogens (primary N) is 1.